The van der Waals surface area contributed by atoms with Crippen LogP contribution in [0.3, 0.4) is 0 Å². The van der Waals surface area contributed by atoms with Crippen LogP contribution in [-0.4, -0.2) is 36.7 Å². The molecule has 2 N–H and O–H groups in total. The third-order valence-corrected chi connectivity index (χ3v) is 4.16. The fourth-order valence-electron chi connectivity index (χ4n) is 2.78. The molecule has 0 fully saturated rings. The van der Waals surface area contributed by atoms with E-state index in [1.165, 1.54) is 17.9 Å². The van der Waals surface area contributed by atoms with Crippen molar-refractivity contribution in [3.63, 3.8) is 0 Å². The molecule has 9 nitrogen and oxygen atoms in total. The van der Waals surface area contributed by atoms with E-state index in [4.69, 9.17) is 10.2 Å². The summed E-state index contributed by atoms with van der Waals surface area (Å²) in [5.74, 6) is -0.390. The van der Waals surface area contributed by atoms with Crippen molar-refractivity contribution in [3.8, 4) is 22.9 Å². The Morgan fingerprint density at radius 2 is 1.97 bits per heavy atom. The van der Waals surface area contributed by atoms with Gasteiger partial charge < -0.3 is 10.2 Å². The Hall–Kier alpha value is -4.14. The predicted molar refractivity (Wildman–Crippen MR) is 103 cm³/mol. The first kappa shape index (κ1) is 18.2. The van der Waals surface area contributed by atoms with Gasteiger partial charge in [0.15, 0.2) is 22.9 Å². The van der Waals surface area contributed by atoms with Gasteiger partial charge in [-0.25, -0.2) is 4.98 Å². The van der Waals surface area contributed by atoms with E-state index in [1.54, 1.807) is 30.5 Å². The summed E-state index contributed by atoms with van der Waals surface area (Å²) in [6.07, 6.45) is 3.05. The molecule has 144 valence electrons. The third kappa shape index (κ3) is 3.79. The van der Waals surface area contributed by atoms with Gasteiger partial charge in [-0.15, -0.1) is 5.10 Å². The minimum Gasteiger partial charge on any atom is -0.434 e. The van der Waals surface area contributed by atoms with E-state index >= 15 is 0 Å². The van der Waals surface area contributed by atoms with Crippen molar-refractivity contribution in [2.24, 2.45) is 5.73 Å². The van der Waals surface area contributed by atoms with Crippen molar-refractivity contribution in [3.05, 3.63) is 71.8 Å². The zero-order valence-corrected chi connectivity index (χ0v) is 15.4. The van der Waals surface area contributed by atoms with E-state index in [1.807, 2.05) is 18.2 Å². The number of hydrogen-bond donors (Lipinski definition) is 1. The summed E-state index contributed by atoms with van der Waals surface area (Å²) in [6.45, 7) is 1.79. The second-order valence-electron chi connectivity index (χ2n) is 6.29. The molecular weight excluding hydrogens is 372 g/mol. The highest BCUT2D eigenvalue weighted by molar-refractivity contribution is 5.97. The van der Waals surface area contributed by atoms with Crippen LogP contribution in [0.25, 0.3) is 22.9 Å². The lowest BCUT2D eigenvalue weighted by Gasteiger charge is -2.01. The van der Waals surface area contributed by atoms with E-state index in [2.05, 4.69) is 20.2 Å². The van der Waals surface area contributed by atoms with Crippen molar-refractivity contribution < 1.29 is 14.0 Å². The average Bonchev–Trinajstić information content (AvgIpc) is 3.36. The number of amides is 1. The molecule has 29 heavy (non-hydrogen) atoms. The van der Waals surface area contributed by atoms with E-state index in [0.717, 1.165) is 5.56 Å². The number of oxazole rings is 1. The number of carbonyl (C=O) groups is 2. The first-order valence-corrected chi connectivity index (χ1v) is 8.73. The number of Topliss-reactive ketones (excluding diaryl/α,β-unsaturated/α-hetero) is 1. The average molecular weight is 388 g/mol. The number of ketones is 1. The number of nitrogens with zero attached hydrogens (tertiary/aromatic N) is 5. The molecule has 1 aromatic carbocycles. The maximum atomic E-state index is 11.8. The van der Waals surface area contributed by atoms with Gasteiger partial charge in [0.25, 0.3) is 5.91 Å². The highest BCUT2D eigenvalue weighted by Crippen LogP contribution is 2.28. The quantitative estimate of drug-likeness (QED) is 0.502. The number of carbonyl (C=O) groups excluding carboxylic acids is 2. The largest absolute Gasteiger partial charge is 0.434 e. The highest BCUT2D eigenvalue weighted by atomic mass is 16.4. The predicted octanol–water partition coefficient (Wildman–Crippen LogP) is 2.34. The Bertz CT molecular complexity index is 1200. The van der Waals surface area contributed by atoms with Crippen LogP contribution >= 0.6 is 0 Å². The van der Waals surface area contributed by atoms with Gasteiger partial charge in [-0.1, -0.05) is 30.3 Å². The normalized spacial score (nSPS) is 10.8. The molecule has 0 aliphatic heterocycles. The molecule has 0 spiro atoms. The molecule has 0 saturated heterocycles. The Kier molecular flexibility index (Phi) is 4.70. The third-order valence-electron chi connectivity index (χ3n) is 4.16. The number of benzene rings is 1. The summed E-state index contributed by atoms with van der Waals surface area (Å²) in [5, 5.41) is 8.55. The van der Waals surface area contributed by atoms with Crippen LogP contribution in [0.2, 0.25) is 0 Å². The minimum atomic E-state index is -0.695. The molecule has 0 aliphatic carbocycles. The monoisotopic (exact) mass is 388 g/mol. The van der Waals surface area contributed by atoms with Gasteiger partial charge in [-0.05, 0) is 17.7 Å². The molecule has 0 radical (unpaired) electrons. The molecular formula is C20H16N6O3. The number of primary amides is 1. The fourth-order valence-corrected chi connectivity index (χ4v) is 2.78. The summed E-state index contributed by atoms with van der Waals surface area (Å²) in [6, 6.07) is 12.6. The Labute approximate surface area is 165 Å². The maximum absolute atomic E-state index is 11.8. The van der Waals surface area contributed by atoms with Gasteiger partial charge in [-0.3, -0.25) is 14.6 Å². The second-order valence-corrected chi connectivity index (χ2v) is 6.29. The molecule has 3 heterocycles. The minimum absolute atomic E-state index is 0.0287. The SMILES string of the molecule is CC(=O)c1cc(Cn2ncc(-c3nc(C(N)=O)c(-c4ccccc4)o3)n2)ccn1. The van der Waals surface area contributed by atoms with Crippen LogP contribution in [0.15, 0.2) is 59.3 Å². The fraction of sp³-hybridized carbons (Fsp3) is 0.100. The summed E-state index contributed by atoms with van der Waals surface area (Å²) in [4.78, 5) is 32.9. The first-order valence-electron chi connectivity index (χ1n) is 8.73. The van der Waals surface area contributed by atoms with Crippen LogP contribution in [-0.2, 0) is 6.54 Å². The number of aromatic nitrogens is 5. The molecule has 1 amide bonds. The standard InChI is InChI=1S/C20H16N6O3/c1-12(27)15-9-13(7-8-22-15)11-26-23-10-16(25-26)20-24-17(19(21)28)18(29-20)14-5-3-2-4-6-14/h2-10H,11H2,1H3,(H2,21,28). The van der Waals surface area contributed by atoms with Crippen LogP contribution < -0.4 is 5.73 Å². The van der Waals surface area contributed by atoms with Crippen molar-refractivity contribution in [2.75, 3.05) is 0 Å². The van der Waals surface area contributed by atoms with E-state index < -0.39 is 5.91 Å². The van der Waals surface area contributed by atoms with Crippen molar-refractivity contribution in [1.82, 2.24) is 25.0 Å². The number of rotatable bonds is 6. The lowest BCUT2D eigenvalue weighted by atomic mass is 10.1. The number of hydrogen-bond acceptors (Lipinski definition) is 7. The molecule has 3 aromatic heterocycles. The summed E-state index contributed by atoms with van der Waals surface area (Å²) in [5.41, 5.74) is 7.72. The highest BCUT2D eigenvalue weighted by Gasteiger charge is 2.21. The molecule has 4 aromatic rings. The van der Waals surface area contributed by atoms with Gasteiger partial charge >= 0.3 is 0 Å². The lowest BCUT2D eigenvalue weighted by molar-refractivity contribution is 0.0992. The van der Waals surface area contributed by atoms with Crippen LogP contribution in [0, 0.1) is 0 Å². The van der Waals surface area contributed by atoms with Gasteiger partial charge in [-0.2, -0.15) is 9.90 Å². The Balaban J connectivity index is 1.64. The van der Waals surface area contributed by atoms with Crippen LogP contribution in [0.4, 0.5) is 0 Å². The van der Waals surface area contributed by atoms with Crippen molar-refractivity contribution in [1.29, 1.82) is 0 Å². The van der Waals surface area contributed by atoms with Gasteiger partial charge in [0.05, 0.1) is 12.7 Å². The van der Waals surface area contributed by atoms with Crippen LogP contribution in [0.1, 0.15) is 33.5 Å². The van der Waals surface area contributed by atoms with E-state index in [9.17, 15) is 9.59 Å². The number of nitrogens with two attached hydrogens (primary N) is 1. The summed E-state index contributed by atoms with van der Waals surface area (Å²) >= 11 is 0. The number of pyridine rings is 1. The molecule has 9 heteroatoms. The van der Waals surface area contributed by atoms with Gasteiger partial charge in [0.2, 0.25) is 5.89 Å². The zero-order chi connectivity index (χ0) is 20.4. The summed E-state index contributed by atoms with van der Waals surface area (Å²) in [7, 11) is 0. The second kappa shape index (κ2) is 7.47. The maximum Gasteiger partial charge on any atom is 0.271 e. The molecule has 0 bridgehead atoms. The first-order chi connectivity index (χ1) is 14.0. The summed E-state index contributed by atoms with van der Waals surface area (Å²) < 4.78 is 5.78. The topological polar surface area (TPSA) is 130 Å². The smallest absolute Gasteiger partial charge is 0.271 e. The molecule has 0 aliphatic rings. The van der Waals surface area contributed by atoms with Crippen molar-refractivity contribution >= 4 is 11.7 Å². The van der Waals surface area contributed by atoms with Crippen molar-refractivity contribution in [2.45, 2.75) is 13.5 Å². The Morgan fingerprint density at radius 3 is 2.69 bits per heavy atom. The van der Waals surface area contributed by atoms with E-state index in [0.29, 0.717) is 23.5 Å². The molecule has 0 unspecified atom stereocenters. The van der Waals surface area contributed by atoms with E-state index in [-0.39, 0.29) is 23.1 Å². The zero-order valence-electron chi connectivity index (χ0n) is 15.4. The Morgan fingerprint density at radius 1 is 1.17 bits per heavy atom. The van der Waals surface area contributed by atoms with Gasteiger partial charge in [0, 0.05) is 18.7 Å². The molecule has 4 rings (SSSR count). The van der Waals surface area contributed by atoms with Crippen LogP contribution in [0.5, 0.6) is 0 Å². The van der Waals surface area contributed by atoms with Gasteiger partial charge in [0.1, 0.15) is 5.69 Å². The molecule has 0 saturated carbocycles. The molecule has 0 atom stereocenters. The lowest BCUT2D eigenvalue weighted by Crippen LogP contribution is -2.12.